The molecule has 0 aromatic carbocycles. The molecule has 1 aliphatic rings. The van der Waals surface area contributed by atoms with Gasteiger partial charge >= 0.3 is 0 Å². The molecule has 2 N–H and O–H groups in total. The molecule has 0 amide bonds. The normalized spacial score (nSPS) is 19.4. The van der Waals surface area contributed by atoms with Crippen molar-refractivity contribution < 1.29 is 4.39 Å². The Labute approximate surface area is 83.3 Å². The van der Waals surface area contributed by atoms with E-state index in [9.17, 15) is 4.39 Å². The number of halogens is 1. The van der Waals surface area contributed by atoms with Crippen LogP contribution in [0.5, 0.6) is 0 Å². The zero-order chi connectivity index (χ0) is 10.4. The second kappa shape index (κ2) is 2.76. The van der Waals surface area contributed by atoms with Gasteiger partial charge in [0.1, 0.15) is 5.82 Å². The highest BCUT2D eigenvalue weighted by molar-refractivity contribution is 5.27. The highest BCUT2D eigenvalue weighted by Crippen LogP contribution is 2.48. The molecule has 0 bridgehead atoms. The average Bonchev–Trinajstić information content (AvgIpc) is 2.86. The van der Waals surface area contributed by atoms with Gasteiger partial charge in [-0.25, -0.2) is 4.39 Å². The van der Waals surface area contributed by atoms with Crippen LogP contribution in [0.15, 0.2) is 18.3 Å². The number of aromatic nitrogens is 1. The first kappa shape index (κ1) is 9.59. The summed E-state index contributed by atoms with van der Waals surface area (Å²) in [5.41, 5.74) is 6.73. The van der Waals surface area contributed by atoms with Crippen LogP contribution in [0, 0.1) is 5.82 Å². The third-order valence-corrected chi connectivity index (χ3v) is 3.40. The molecule has 0 spiro atoms. The number of nitrogens with zero attached hydrogens (tertiary/aromatic N) is 1. The number of pyridine rings is 1. The molecule has 14 heavy (non-hydrogen) atoms. The maximum atomic E-state index is 12.7. The summed E-state index contributed by atoms with van der Waals surface area (Å²) in [6.07, 6.45) is 3.31. The van der Waals surface area contributed by atoms with Crippen molar-refractivity contribution in [2.24, 2.45) is 5.73 Å². The minimum Gasteiger partial charge on any atom is -0.324 e. The fourth-order valence-electron chi connectivity index (χ4n) is 1.76. The third-order valence-electron chi connectivity index (χ3n) is 3.40. The maximum absolute atomic E-state index is 12.7. The van der Waals surface area contributed by atoms with E-state index in [-0.39, 0.29) is 16.8 Å². The van der Waals surface area contributed by atoms with Gasteiger partial charge in [0.05, 0.1) is 6.20 Å². The van der Waals surface area contributed by atoms with Crippen molar-refractivity contribution in [3.8, 4) is 0 Å². The van der Waals surface area contributed by atoms with E-state index < -0.39 is 0 Å². The minimum atomic E-state index is -0.300. The second-order valence-electron chi connectivity index (χ2n) is 4.64. The van der Waals surface area contributed by atoms with Gasteiger partial charge in [0.15, 0.2) is 0 Å². The van der Waals surface area contributed by atoms with Gasteiger partial charge < -0.3 is 5.73 Å². The van der Waals surface area contributed by atoms with E-state index >= 15 is 0 Å². The van der Waals surface area contributed by atoms with Crippen LogP contribution in [0.1, 0.15) is 32.4 Å². The average molecular weight is 194 g/mol. The van der Waals surface area contributed by atoms with E-state index in [1.54, 1.807) is 6.07 Å². The molecule has 1 aromatic heterocycles. The van der Waals surface area contributed by atoms with Crippen LogP contribution < -0.4 is 5.73 Å². The van der Waals surface area contributed by atoms with Crippen LogP contribution in [0.4, 0.5) is 4.39 Å². The van der Waals surface area contributed by atoms with E-state index in [2.05, 4.69) is 18.8 Å². The van der Waals surface area contributed by atoms with Crippen molar-refractivity contribution in [3.05, 3.63) is 29.8 Å². The van der Waals surface area contributed by atoms with Gasteiger partial charge in [-0.2, -0.15) is 0 Å². The first-order valence-corrected chi connectivity index (χ1v) is 4.87. The Morgan fingerprint density at radius 3 is 2.50 bits per heavy atom. The van der Waals surface area contributed by atoms with E-state index in [0.717, 1.165) is 18.5 Å². The van der Waals surface area contributed by atoms with E-state index in [4.69, 9.17) is 5.73 Å². The highest BCUT2D eigenvalue weighted by Gasteiger charge is 2.52. The molecule has 3 heteroatoms. The molecule has 2 rings (SSSR count). The lowest BCUT2D eigenvalue weighted by molar-refractivity contribution is 0.380. The number of hydrogen-bond donors (Lipinski definition) is 1. The van der Waals surface area contributed by atoms with Crippen LogP contribution >= 0.6 is 0 Å². The van der Waals surface area contributed by atoms with Gasteiger partial charge in [-0.15, -0.1) is 0 Å². The van der Waals surface area contributed by atoms with Crippen molar-refractivity contribution in [2.75, 3.05) is 0 Å². The van der Waals surface area contributed by atoms with Gasteiger partial charge in [-0.05, 0) is 25.0 Å². The summed E-state index contributed by atoms with van der Waals surface area (Å²) in [4.78, 5) is 4.10. The van der Waals surface area contributed by atoms with Crippen molar-refractivity contribution in [1.29, 1.82) is 0 Å². The minimum absolute atomic E-state index is 0.141. The Morgan fingerprint density at radius 1 is 1.43 bits per heavy atom. The molecular formula is C11H15FN2. The van der Waals surface area contributed by atoms with E-state index in [1.165, 1.54) is 12.3 Å². The first-order valence-electron chi connectivity index (χ1n) is 4.87. The molecule has 1 aromatic rings. The van der Waals surface area contributed by atoms with Gasteiger partial charge in [-0.3, -0.25) is 4.98 Å². The summed E-state index contributed by atoms with van der Waals surface area (Å²) in [7, 11) is 0. The van der Waals surface area contributed by atoms with Crippen LogP contribution in [0.25, 0.3) is 0 Å². The lowest BCUT2D eigenvalue weighted by atomic mass is 9.79. The molecule has 1 heterocycles. The molecule has 2 nitrogen and oxygen atoms in total. The standard InChI is InChI=1S/C11H15FN2/c1-10(2,11(13)5-6-11)9-4-3-8(12)7-14-9/h3-4,7H,5-6,13H2,1-2H3. The predicted molar refractivity (Wildman–Crippen MR) is 53.4 cm³/mol. The van der Waals surface area contributed by atoms with E-state index in [0.29, 0.717) is 0 Å². The molecule has 0 atom stereocenters. The lowest BCUT2D eigenvalue weighted by Gasteiger charge is -2.31. The SMILES string of the molecule is CC(C)(c1ccc(F)cn1)C1(N)CC1. The van der Waals surface area contributed by atoms with Crippen molar-refractivity contribution in [2.45, 2.75) is 37.6 Å². The summed E-state index contributed by atoms with van der Waals surface area (Å²) in [6, 6.07) is 3.16. The van der Waals surface area contributed by atoms with Gasteiger partial charge in [0.25, 0.3) is 0 Å². The molecular weight excluding hydrogens is 179 g/mol. The monoisotopic (exact) mass is 194 g/mol. The predicted octanol–water partition coefficient (Wildman–Crippen LogP) is 1.99. The fraction of sp³-hybridized carbons (Fsp3) is 0.545. The van der Waals surface area contributed by atoms with Gasteiger partial charge in [0.2, 0.25) is 0 Å². The van der Waals surface area contributed by atoms with E-state index in [1.807, 2.05) is 0 Å². The summed E-state index contributed by atoms with van der Waals surface area (Å²) in [5.74, 6) is -0.300. The third kappa shape index (κ3) is 1.32. The Bertz CT molecular complexity index is 339. The molecule has 0 saturated heterocycles. The molecule has 76 valence electrons. The van der Waals surface area contributed by atoms with Crippen LogP contribution in [-0.2, 0) is 5.41 Å². The van der Waals surface area contributed by atoms with Crippen molar-refractivity contribution >= 4 is 0 Å². The van der Waals surface area contributed by atoms with Crippen LogP contribution in [-0.4, -0.2) is 10.5 Å². The van der Waals surface area contributed by atoms with Gasteiger partial charge in [0, 0.05) is 16.6 Å². The Balaban J connectivity index is 2.34. The molecule has 1 saturated carbocycles. The molecule has 0 aliphatic heterocycles. The fourth-order valence-corrected chi connectivity index (χ4v) is 1.76. The second-order valence-corrected chi connectivity index (χ2v) is 4.64. The number of hydrogen-bond acceptors (Lipinski definition) is 2. The lowest BCUT2D eigenvalue weighted by Crippen LogP contribution is -2.43. The quantitative estimate of drug-likeness (QED) is 0.782. The molecule has 0 radical (unpaired) electrons. The van der Waals surface area contributed by atoms with Crippen molar-refractivity contribution in [3.63, 3.8) is 0 Å². The molecule has 1 aliphatic carbocycles. The zero-order valence-electron chi connectivity index (χ0n) is 8.55. The zero-order valence-corrected chi connectivity index (χ0v) is 8.55. The topological polar surface area (TPSA) is 38.9 Å². The summed E-state index contributed by atoms with van der Waals surface area (Å²) < 4.78 is 12.7. The molecule has 1 fully saturated rings. The number of nitrogens with two attached hydrogens (primary N) is 1. The highest BCUT2D eigenvalue weighted by atomic mass is 19.1. The summed E-state index contributed by atoms with van der Waals surface area (Å²) >= 11 is 0. The van der Waals surface area contributed by atoms with Crippen molar-refractivity contribution in [1.82, 2.24) is 4.98 Å². The Morgan fingerprint density at radius 2 is 2.07 bits per heavy atom. The smallest absolute Gasteiger partial charge is 0.141 e. The maximum Gasteiger partial charge on any atom is 0.141 e. The van der Waals surface area contributed by atoms with Crippen LogP contribution in [0.3, 0.4) is 0 Å². The first-order chi connectivity index (χ1) is 6.46. The molecule has 0 unspecified atom stereocenters. The Kier molecular flexibility index (Phi) is 1.89. The van der Waals surface area contributed by atoms with Crippen LogP contribution in [0.2, 0.25) is 0 Å². The van der Waals surface area contributed by atoms with Gasteiger partial charge in [-0.1, -0.05) is 13.8 Å². The number of rotatable bonds is 2. The Hall–Kier alpha value is -0.960. The summed E-state index contributed by atoms with van der Waals surface area (Å²) in [5, 5.41) is 0. The summed E-state index contributed by atoms with van der Waals surface area (Å²) in [6.45, 7) is 4.14. The largest absolute Gasteiger partial charge is 0.324 e.